The van der Waals surface area contributed by atoms with Crippen LogP contribution in [0.4, 0.5) is 8.78 Å². The summed E-state index contributed by atoms with van der Waals surface area (Å²) in [4.78, 5) is 0. The summed E-state index contributed by atoms with van der Waals surface area (Å²) >= 11 is 5.76. The maximum absolute atomic E-state index is 12.9. The monoisotopic (exact) mass is 235 g/mol. The Balaban J connectivity index is 3.09. The van der Waals surface area contributed by atoms with Gasteiger partial charge in [-0.1, -0.05) is 23.7 Å². The molecular weight excluding hydrogens is 224 g/mol. The van der Waals surface area contributed by atoms with Crippen molar-refractivity contribution in [1.82, 2.24) is 0 Å². The minimum absolute atomic E-state index is 0.00157. The van der Waals surface area contributed by atoms with E-state index in [4.69, 9.17) is 17.3 Å². The van der Waals surface area contributed by atoms with Crippen molar-refractivity contribution in [1.29, 1.82) is 0 Å². The molecule has 5 heteroatoms. The smallest absolute Gasteiger partial charge is 0.270 e. The van der Waals surface area contributed by atoms with Crippen molar-refractivity contribution in [2.75, 3.05) is 6.54 Å². The lowest BCUT2D eigenvalue weighted by atomic mass is 10.0. The van der Waals surface area contributed by atoms with Gasteiger partial charge in [-0.05, 0) is 6.07 Å². The normalized spacial score (nSPS) is 14.0. The Morgan fingerprint density at radius 2 is 2.13 bits per heavy atom. The highest BCUT2D eigenvalue weighted by Gasteiger charge is 2.25. The van der Waals surface area contributed by atoms with Gasteiger partial charge in [0, 0.05) is 29.6 Å². The first kappa shape index (κ1) is 12.4. The van der Waals surface area contributed by atoms with E-state index in [-0.39, 0.29) is 17.1 Å². The van der Waals surface area contributed by atoms with Gasteiger partial charge in [0.2, 0.25) is 0 Å². The number of nitrogens with two attached hydrogens (primary N) is 1. The zero-order valence-electron chi connectivity index (χ0n) is 8.17. The van der Waals surface area contributed by atoms with Crippen LogP contribution in [0.2, 0.25) is 5.02 Å². The summed E-state index contributed by atoms with van der Waals surface area (Å²) in [6.45, 7) is 0.791. The molecular formula is C10H12ClF2NO. The van der Waals surface area contributed by atoms with E-state index in [2.05, 4.69) is 0 Å². The molecule has 0 saturated carbocycles. The van der Waals surface area contributed by atoms with E-state index in [1.54, 1.807) is 0 Å². The molecule has 84 valence electrons. The number of rotatable bonds is 3. The third-order valence-corrected chi connectivity index (χ3v) is 2.42. The van der Waals surface area contributed by atoms with Gasteiger partial charge < -0.3 is 10.8 Å². The summed E-state index contributed by atoms with van der Waals surface area (Å²) in [6.07, 6.45) is -0.919. The first-order valence-electron chi connectivity index (χ1n) is 4.42. The second-order valence-electron chi connectivity index (χ2n) is 3.38. The summed E-state index contributed by atoms with van der Waals surface area (Å²) < 4.78 is 25.8. The van der Waals surface area contributed by atoms with Gasteiger partial charge in [-0.3, -0.25) is 0 Å². The molecule has 2 nitrogen and oxygen atoms in total. The molecule has 15 heavy (non-hydrogen) atoms. The highest BCUT2D eigenvalue weighted by molar-refractivity contribution is 6.31. The van der Waals surface area contributed by atoms with Crippen LogP contribution in [0.15, 0.2) is 18.2 Å². The molecule has 1 rings (SSSR count). The topological polar surface area (TPSA) is 46.2 Å². The largest absolute Gasteiger partial charge is 0.387 e. The number of benzene rings is 1. The van der Waals surface area contributed by atoms with Gasteiger partial charge in [0.25, 0.3) is 5.92 Å². The van der Waals surface area contributed by atoms with Crippen molar-refractivity contribution in [2.24, 2.45) is 5.73 Å². The molecule has 1 aromatic carbocycles. The third-order valence-electron chi connectivity index (χ3n) is 2.09. The molecule has 0 heterocycles. The van der Waals surface area contributed by atoms with E-state index in [1.807, 2.05) is 0 Å². The lowest BCUT2D eigenvalue weighted by Gasteiger charge is -2.14. The number of aliphatic hydroxyl groups excluding tert-OH is 1. The fraction of sp³-hybridized carbons (Fsp3) is 0.400. The highest BCUT2D eigenvalue weighted by Crippen LogP contribution is 2.32. The molecule has 1 atom stereocenters. The SMILES string of the molecule is CC(F)(F)c1ccc(C(O)CN)c(Cl)c1. The van der Waals surface area contributed by atoms with Gasteiger partial charge in [0.1, 0.15) is 0 Å². The van der Waals surface area contributed by atoms with Crippen molar-refractivity contribution in [3.05, 3.63) is 34.3 Å². The van der Waals surface area contributed by atoms with Crippen LogP contribution in [0.1, 0.15) is 24.2 Å². The van der Waals surface area contributed by atoms with Crippen LogP contribution in [0.3, 0.4) is 0 Å². The first-order chi connectivity index (χ1) is 6.86. The minimum atomic E-state index is -2.93. The number of aliphatic hydroxyl groups is 1. The predicted molar refractivity (Wildman–Crippen MR) is 55.0 cm³/mol. The second-order valence-corrected chi connectivity index (χ2v) is 3.78. The quantitative estimate of drug-likeness (QED) is 0.845. The molecule has 0 aliphatic carbocycles. The molecule has 1 unspecified atom stereocenters. The van der Waals surface area contributed by atoms with Crippen LogP contribution in [-0.4, -0.2) is 11.7 Å². The van der Waals surface area contributed by atoms with Gasteiger partial charge >= 0.3 is 0 Å². The van der Waals surface area contributed by atoms with Crippen LogP contribution >= 0.6 is 11.6 Å². The summed E-state index contributed by atoms with van der Waals surface area (Å²) in [5, 5.41) is 9.51. The Kier molecular flexibility index (Phi) is 3.65. The van der Waals surface area contributed by atoms with E-state index in [1.165, 1.54) is 12.1 Å². The van der Waals surface area contributed by atoms with Gasteiger partial charge in [-0.2, -0.15) is 0 Å². The molecule has 0 bridgehead atoms. The molecule has 0 amide bonds. The lowest BCUT2D eigenvalue weighted by molar-refractivity contribution is 0.0174. The molecule has 0 radical (unpaired) electrons. The average Bonchev–Trinajstić information content (AvgIpc) is 2.15. The van der Waals surface area contributed by atoms with Crippen LogP contribution in [0.25, 0.3) is 0 Å². The van der Waals surface area contributed by atoms with E-state index >= 15 is 0 Å². The zero-order valence-corrected chi connectivity index (χ0v) is 8.93. The average molecular weight is 236 g/mol. The predicted octanol–water partition coefficient (Wildman–Crippen LogP) is 2.44. The molecule has 0 aliphatic heterocycles. The summed E-state index contributed by atoms with van der Waals surface area (Å²) in [6, 6.07) is 3.75. The standard InChI is InChI=1S/C10H12ClF2NO/c1-10(12,13)6-2-3-7(8(11)4-6)9(15)5-14/h2-4,9,15H,5,14H2,1H3. The van der Waals surface area contributed by atoms with Gasteiger partial charge in [-0.25, -0.2) is 8.78 Å². The van der Waals surface area contributed by atoms with Gasteiger partial charge in [0.05, 0.1) is 6.10 Å². The maximum Gasteiger partial charge on any atom is 0.270 e. The van der Waals surface area contributed by atoms with E-state index < -0.39 is 12.0 Å². The Morgan fingerprint density at radius 1 is 1.53 bits per heavy atom. The molecule has 3 N–H and O–H groups in total. The van der Waals surface area contributed by atoms with E-state index in [0.29, 0.717) is 5.56 Å². The van der Waals surface area contributed by atoms with Crippen molar-refractivity contribution < 1.29 is 13.9 Å². The molecule has 0 aliphatic rings. The number of hydrogen-bond acceptors (Lipinski definition) is 2. The minimum Gasteiger partial charge on any atom is -0.387 e. The molecule has 0 saturated heterocycles. The van der Waals surface area contributed by atoms with Crippen molar-refractivity contribution in [2.45, 2.75) is 19.0 Å². The van der Waals surface area contributed by atoms with Crippen molar-refractivity contribution >= 4 is 11.6 Å². The van der Waals surface area contributed by atoms with E-state index in [0.717, 1.165) is 13.0 Å². The number of hydrogen-bond donors (Lipinski definition) is 2. The Labute approximate surface area is 91.7 Å². The summed E-state index contributed by atoms with van der Waals surface area (Å²) in [7, 11) is 0. The zero-order chi connectivity index (χ0) is 11.6. The van der Waals surface area contributed by atoms with Crippen LogP contribution < -0.4 is 5.73 Å². The lowest BCUT2D eigenvalue weighted by Crippen LogP contribution is -2.13. The van der Waals surface area contributed by atoms with Crippen LogP contribution in [-0.2, 0) is 5.92 Å². The Bertz CT molecular complexity index is 352. The molecule has 1 aromatic rings. The summed E-state index contributed by atoms with van der Waals surface area (Å²) in [5.41, 5.74) is 5.43. The van der Waals surface area contributed by atoms with Gasteiger partial charge in [-0.15, -0.1) is 0 Å². The first-order valence-corrected chi connectivity index (χ1v) is 4.80. The number of alkyl halides is 2. The van der Waals surface area contributed by atoms with Crippen LogP contribution in [0.5, 0.6) is 0 Å². The molecule has 0 aromatic heterocycles. The van der Waals surface area contributed by atoms with Crippen molar-refractivity contribution in [3.63, 3.8) is 0 Å². The Hall–Kier alpha value is -0.710. The highest BCUT2D eigenvalue weighted by atomic mass is 35.5. The van der Waals surface area contributed by atoms with E-state index in [9.17, 15) is 13.9 Å². The fourth-order valence-corrected chi connectivity index (χ4v) is 1.50. The third kappa shape index (κ3) is 2.87. The second kappa shape index (κ2) is 4.43. The summed E-state index contributed by atoms with van der Waals surface area (Å²) in [5.74, 6) is -2.93. The number of halogens is 3. The van der Waals surface area contributed by atoms with Crippen LogP contribution in [0, 0.1) is 0 Å². The van der Waals surface area contributed by atoms with Crippen molar-refractivity contribution in [3.8, 4) is 0 Å². The molecule has 0 fully saturated rings. The van der Waals surface area contributed by atoms with Gasteiger partial charge in [0.15, 0.2) is 0 Å². The Morgan fingerprint density at radius 3 is 2.53 bits per heavy atom. The molecule has 0 spiro atoms. The maximum atomic E-state index is 12.9. The fourth-order valence-electron chi connectivity index (χ4n) is 1.20.